The molecule has 0 unspecified atom stereocenters. The highest BCUT2D eigenvalue weighted by atomic mass is 16.5. The van der Waals surface area contributed by atoms with Crippen molar-refractivity contribution in [3.63, 3.8) is 0 Å². The fourth-order valence-corrected chi connectivity index (χ4v) is 4.84. The smallest absolute Gasteiger partial charge is 0.289 e. The number of nitrogens with one attached hydrogen (secondary N) is 2. The molecule has 0 aliphatic carbocycles. The van der Waals surface area contributed by atoms with E-state index < -0.39 is 0 Å². The number of benzene rings is 2. The highest BCUT2D eigenvalue weighted by molar-refractivity contribution is 6.05. The summed E-state index contributed by atoms with van der Waals surface area (Å²) in [5.41, 5.74) is 5.83. The molecule has 214 valence electrons. The van der Waals surface area contributed by atoms with Gasteiger partial charge in [-0.05, 0) is 84.6 Å². The van der Waals surface area contributed by atoms with Crippen LogP contribution in [0.25, 0.3) is 11.3 Å². The number of aromatic nitrogens is 1. The number of hydrogen-bond donors (Lipinski definition) is 2. The zero-order valence-electron chi connectivity index (χ0n) is 25.1. The van der Waals surface area contributed by atoms with Crippen molar-refractivity contribution in [3.8, 4) is 11.3 Å². The first kappa shape index (κ1) is 29.5. The van der Waals surface area contributed by atoms with Gasteiger partial charge in [-0.25, -0.2) is 0 Å². The monoisotopic (exact) mass is 544 g/mol. The number of piperidine rings is 1. The molecule has 1 aromatic heterocycles. The van der Waals surface area contributed by atoms with Gasteiger partial charge in [0.15, 0.2) is 0 Å². The standard InChI is InChI=1S/C33H44N4O3/c1-22-11-12-26(18-27(22)28-19-29(40-36-28)31(39)34-21-32(2,3)4)35-30(38)24-15-23(16-25(17-24)33(5,6)7)20-37-13-9-8-10-14-37/h11-12,15-19H,8-10,13-14,20-21H2,1-7H3,(H,34,39)(H,35,38). The van der Waals surface area contributed by atoms with Crippen molar-refractivity contribution >= 4 is 17.5 Å². The van der Waals surface area contributed by atoms with E-state index in [2.05, 4.69) is 68.3 Å². The summed E-state index contributed by atoms with van der Waals surface area (Å²) < 4.78 is 5.36. The van der Waals surface area contributed by atoms with E-state index in [0.29, 0.717) is 23.5 Å². The van der Waals surface area contributed by atoms with Crippen molar-refractivity contribution in [2.45, 2.75) is 79.7 Å². The molecule has 0 atom stereocenters. The van der Waals surface area contributed by atoms with Crippen molar-refractivity contribution in [1.29, 1.82) is 0 Å². The summed E-state index contributed by atoms with van der Waals surface area (Å²) in [5.74, 6) is -0.286. The van der Waals surface area contributed by atoms with Gasteiger partial charge in [-0.15, -0.1) is 0 Å². The molecule has 3 aromatic rings. The molecule has 7 nitrogen and oxygen atoms in total. The van der Waals surface area contributed by atoms with Crippen molar-refractivity contribution in [2.75, 3.05) is 25.0 Å². The predicted molar refractivity (Wildman–Crippen MR) is 161 cm³/mol. The van der Waals surface area contributed by atoms with E-state index in [1.165, 1.54) is 24.8 Å². The van der Waals surface area contributed by atoms with Gasteiger partial charge in [0.1, 0.15) is 5.69 Å². The highest BCUT2D eigenvalue weighted by Gasteiger charge is 2.21. The van der Waals surface area contributed by atoms with Gasteiger partial charge in [0.05, 0.1) is 0 Å². The number of aryl methyl sites for hydroxylation is 1. The number of rotatable bonds is 7. The predicted octanol–water partition coefficient (Wildman–Crippen LogP) is 6.96. The molecule has 0 bridgehead atoms. The molecule has 0 spiro atoms. The average molecular weight is 545 g/mol. The second-order valence-electron chi connectivity index (χ2n) is 13.3. The van der Waals surface area contributed by atoms with Gasteiger partial charge < -0.3 is 15.2 Å². The first-order valence-corrected chi connectivity index (χ1v) is 14.3. The molecular formula is C33H44N4O3. The third-order valence-corrected chi connectivity index (χ3v) is 7.26. The van der Waals surface area contributed by atoms with Crippen LogP contribution in [0.1, 0.15) is 98.4 Å². The maximum atomic E-state index is 13.5. The summed E-state index contributed by atoms with van der Waals surface area (Å²) in [5, 5.41) is 10.1. The van der Waals surface area contributed by atoms with Crippen LogP contribution in [0, 0.1) is 12.3 Å². The van der Waals surface area contributed by atoms with E-state index in [1.54, 1.807) is 6.07 Å². The molecule has 2 aromatic carbocycles. The van der Waals surface area contributed by atoms with Gasteiger partial charge in [-0.3, -0.25) is 14.5 Å². The Morgan fingerprint density at radius 1 is 0.925 bits per heavy atom. The first-order chi connectivity index (χ1) is 18.8. The lowest BCUT2D eigenvalue weighted by molar-refractivity contribution is 0.0902. The molecule has 0 saturated carbocycles. The van der Waals surface area contributed by atoms with Crippen LogP contribution in [0.15, 0.2) is 47.0 Å². The van der Waals surface area contributed by atoms with Gasteiger partial charge in [-0.2, -0.15) is 0 Å². The number of nitrogens with zero attached hydrogens (tertiary/aromatic N) is 2. The van der Waals surface area contributed by atoms with E-state index in [9.17, 15) is 9.59 Å². The second kappa shape index (κ2) is 12.0. The van der Waals surface area contributed by atoms with Gasteiger partial charge in [0.2, 0.25) is 5.76 Å². The van der Waals surface area contributed by atoms with Gasteiger partial charge in [-0.1, -0.05) is 65.3 Å². The summed E-state index contributed by atoms with van der Waals surface area (Å²) >= 11 is 0. The Balaban J connectivity index is 1.54. The molecule has 2 heterocycles. The van der Waals surface area contributed by atoms with Crippen LogP contribution in [0.5, 0.6) is 0 Å². The summed E-state index contributed by atoms with van der Waals surface area (Å²) in [4.78, 5) is 28.5. The molecule has 7 heteroatoms. The minimum absolute atomic E-state index is 0.0393. The zero-order valence-corrected chi connectivity index (χ0v) is 25.1. The van der Waals surface area contributed by atoms with Crippen LogP contribution in [-0.2, 0) is 12.0 Å². The maximum Gasteiger partial charge on any atom is 0.289 e. The van der Waals surface area contributed by atoms with Crippen LogP contribution < -0.4 is 10.6 Å². The van der Waals surface area contributed by atoms with Gasteiger partial charge in [0, 0.05) is 36.0 Å². The van der Waals surface area contributed by atoms with E-state index in [4.69, 9.17) is 4.52 Å². The van der Waals surface area contributed by atoms with Crippen LogP contribution in [0.2, 0.25) is 0 Å². The second-order valence-corrected chi connectivity index (χ2v) is 13.3. The normalized spacial score (nSPS) is 14.7. The Morgan fingerprint density at radius 3 is 2.33 bits per heavy atom. The number of carbonyl (C=O) groups is 2. The molecule has 1 saturated heterocycles. The molecule has 2 N–H and O–H groups in total. The van der Waals surface area contributed by atoms with E-state index in [1.807, 2.05) is 37.3 Å². The SMILES string of the molecule is Cc1ccc(NC(=O)c2cc(CN3CCCCC3)cc(C(C)(C)C)c2)cc1-c1cc(C(=O)NCC(C)(C)C)on1. The van der Waals surface area contributed by atoms with Crippen molar-refractivity contribution < 1.29 is 14.1 Å². The largest absolute Gasteiger partial charge is 0.350 e. The molecule has 1 aliphatic rings. The topological polar surface area (TPSA) is 87.5 Å². The number of likely N-dealkylation sites (tertiary alicyclic amines) is 1. The third-order valence-electron chi connectivity index (χ3n) is 7.26. The average Bonchev–Trinajstić information content (AvgIpc) is 3.38. The molecule has 0 radical (unpaired) electrons. The lowest BCUT2D eigenvalue weighted by Gasteiger charge is -2.28. The van der Waals surface area contributed by atoms with Crippen LogP contribution >= 0.6 is 0 Å². The Bertz CT molecular complexity index is 1350. The fraction of sp³-hybridized carbons (Fsp3) is 0.485. The fourth-order valence-electron chi connectivity index (χ4n) is 4.84. The Morgan fingerprint density at radius 2 is 1.65 bits per heavy atom. The molecule has 2 amide bonds. The Hall–Kier alpha value is -3.45. The number of hydrogen-bond acceptors (Lipinski definition) is 5. The molecule has 4 rings (SSSR count). The molecule has 40 heavy (non-hydrogen) atoms. The molecule has 1 aliphatic heterocycles. The van der Waals surface area contributed by atoms with Crippen molar-refractivity contribution in [2.24, 2.45) is 5.41 Å². The minimum atomic E-state index is -0.296. The number of amides is 2. The van der Waals surface area contributed by atoms with E-state index in [-0.39, 0.29) is 28.4 Å². The van der Waals surface area contributed by atoms with E-state index >= 15 is 0 Å². The minimum Gasteiger partial charge on any atom is -0.350 e. The Kier molecular flexibility index (Phi) is 8.83. The van der Waals surface area contributed by atoms with Crippen LogP contribution in [0.3, 0.4) is 0 Å². The van der Waals surface area contributed by atoms with Crippen molar-refractivity contribution in [1.82, 2.24) is 15.4 Å². The summed E-state index contributed by atoms with van der Waals surface area (Å²) in [7, 11) is 0. The summed E-state index contributed by atoms with van der Waals surface area (Å²) in [6.45, 7) is 18.3. The Labute approximate surface area is 238 Å². The zero-order chi connectivity index (χ0) is 29.1. The van der Waals surface area contributed by atoms with E-state index in [0.717, 1.165) is 36.3 Å². The van der Waals surface area contributed by atoms with Crippen LogP contribution in [-0.4, -0.2) is 41.5 Å². The maximum absolute atomic E-state index is 13.5. The van der Waals surface area contributed by atoms with Gasteiger partial charge in [0.25, 0.3) is 11.8 Å². The lowest BCUT2D eigenvalue weighted by atomic mass is 9.84. The quantitative estimate of drug-likeness (QED) is 0.336. The summed E-state index contributed by atoms with van der Waals surface area (Å²) in [6.07, 6.45) is 3.76. The highest BCUT2D eigenvalue weighted by Crippen LogP contribution is 2.29. The number of anilines is 1. The first-order valence-electron chi connectivity index (χ1n) is 14.3. The number of carbonyl (C=O) groups excluding carboxylic acids is 2. The third kappa shape index (κ3) is 7.81. The summed E-state index contributed by atoms with van der Waals surface area (Å²) in [6, 6.07) is 13.6. The lowest BCUT2D eigenvalue weighted by Crippen LogP contribution is -2.31. The van der Waals surface area contributed by atoms with Crippen LogP contribution in [0.4, 0.5) is 5.69 Å². The van der Waals surface area contributed by atoms with Gasteiger partial charge >= 0.3 is 0 Å². The molecule has 1 fully saturated rings. The van der Waals surface area contributed by atoms with Crippen molar-refractivity contribution in [3.05, 3.63) is 70.5 Å². The molecular weight excluding hydrogens is 500 g/mol.